The van der Waals surface area contributed by atoms with Gasteiger partial charge in [0.05, 0.1) is 6.21 Å². The molecule has 0 aliphatic rings. The monoisotopic (exact) mass is 498 g/mol. The van der Waals surface area contributed by atoms with Crippen molar-refractivity contribution in [3.05, 3.63) is 64.7 Å². The summed E-state index contributed by atoms with van der Waals surface area (Å²) in [5, 5.41) is 4.79. The van der Waals surface area contributed by atoms with Gasteiger partial charge in [-0.3, -0.25) is 4.79 Å². The minimum Gasteiger partial charge on any atom is -0.489 e. The van der Waals surface area contributed by atoms with Gasteiger partial charge in [0.1, 0.15) is 12.4 Å². The lowest BCUT2D eigenvalue weighted by molar-refractivity contribution is -0.121. The molecule has 35 heavy (non-hydrogen) atoms. The first-order valence-electron chi connectivity index (χ1n) is 13.5. The van der Waals surface area contributed by atoms with Crippen molar-refractivity contribution in [2.24, 2.45) is 5.10 Å². The number of carbonyl (C=O) groups is 1. The van der Waals surface area contributed by atoms with Crippen LogP contribution >= 0.6 is 11.6 Å². The predicted molar refractivity (Wildman–Crippen MR) is 148 cm³/mol. The van der Waals surface area contributed by atoms with Gasteiger partial charge in [-0.25, -0.2) is 5.43 Å². The highest BCUT2D eigenvalue weighted by atomic mass is 35.5. The van der Waals surface area contributed by atoms with E-state index in [9.17, 15) is 4.79 Å². The predicted octanol–water partition coefficient (Wildman–Crippen LogP) is 8.85. The molecular formula is C30H43ClN2O2. The molecule has 0 heterocycles. The van der Waals surface area contributed by atoms with Crippen LogP contribution in [0.25, 0.3) is 0 Å². The van der Waals surface area contributed by atoms with E-state index in [0.29, 0.717) is 18.1 Å². The van der Waals surface area contributed by atoms with Gasteiger partial charge in [-0.1, -0.05) is 108 Å². The number of nitrogens with zero attached hydrogens (tertiary/aromatic N) is 1. The maximum absolute atomic E-state index is 12.0. The van der Waals surface area contributed by atoms with E-state index in [0.717, 1.165) is 29.7 Å². The summed E-state index contributed by atoms with van der Waals surface area (Å²) in [7, 11) is 0. The lowest BCUT2D eigenvalue weighted by atomic mass is 10.0. The molecule has 2 rings (SSSR count). The molecule has 0 aliphatic carbocycles. The number of amides is 1. The van der Waals surface area contributed by atoms with Gasteiger partial charge in [-0.2, -0.15) is 5.10 Å². The zero-order valence-corrected chi connectivity index (χ0v) is 22.2. The molecule has 192 valence electrons. The van der Waals surface area contributed by atoms with Crippen LogP contribution in [-0.4, -0.2) is 12.1 Å². The van der Waals surface area contributed by atoms with Crippen LogP contribution in [0, 0.1) is 0 Å². The number of nitrogens with one attached hydrogen (secondary N) is 1. The molecule has 0 bridgehead atoms. The second-order valence-electron chi connectivity index (χ2n) is 9.27. The van der Waals surface area contributed by atoms with E-state index in [1.54, 1.807) is 6.21 Å². The van der Waals surface area contributed by atoms with Crippen molar-refractivity contribution in [1.82, 2.24) is 5.43 Å². The molecule has 0 fully saturated rings. The summed E-state index contributed by atoms with van der Waals surface area (Å²) in [5.74, 6) is 0.760. The van der Waals surface area contributed by atoms with Gasteiger partial charge in [0.15, 0.2) is 0 Å². The molecule has 0 aromatic heterocycles. The summed E-state index contributed by atoms with van der Waals surface area (Å²) < 4.78 is 5.79. The quantitative estimate of drug-likeness (QED) is 0.119. The molecule has 0 atom stereocenters. The lowest BCUT2D eigenvalue weighted by Gasteiger charge is -2.06. The van der Waals surface area contributed by atoms with Crippen molar-refractivity contribution in [3.8, 4) is 5.75 Å². The van der Waals surface area contributed by atoms with Crippen LogP contribution in [-0.2, 0) is 11.4 Å². The molecule has 0 saturated heterocycles. The lowest BCUT2D eigenvalue weighted by Crippen LogP contribution is -2.16. The van der Waals surface area contributed by atoms with Gasteiger partial charge in [0.2, 0.25) is 5.91 Å². The third kappa shape index (κ3) is 14.6. The summed E-state index contributed by atoms with van der Waals surface area (Å²) in [4.78, 5) is 12.0. The van der Waals surface area contributed by atoms with Crippen LogP contribution in [0.2, 0.25) is 5.02 Å². The smallest absolute Gasteiger partial charge is 0.240 e. The van der Waals surface area contributed by atoms with E-state index in [1.807, 2.05) is 48.5 Å². The largest absolute Gasteiger partial charge is 0.489 e. The molecule has 1 amide bonds. The molecule has 0 radical (unpaired) electrons. The molecule has 0 spiro atoms. The fraction of sp³-hybridized carbons (Fsp3) is 0.533. The molecular weight excluding hydrogens is 456 g/mol. The Balaban J connectivity index is 1.46. The number of unbranched alkanes of at least 4 members (excludes halogenated alkanes) is 12. The van der Waals surface area contributed by atoms with Crippen molar-refractivity contribution >= 4 is 23.7 Å². The summed E-state index contributed by atoms with van der Waals surface area (Å²) in [6.07, 6.45) is 19.1. The van der Waals surface area contributed by atoms with Crippen LogP contribution < -0.4 is 10.2 Å². The zero-order chi connectivity index (χ0) is 25.0. The Labute approximate surface area is 217 Å². The average Bonchev–Trinajstić information content (AvgIpc) is 2.87. The minimum atomic E-state index is -0.0211. The fourth-order valence-corrected chi connectivity index (χ4v) is 4.06. The number of halogens is 1. The number of hydrogen-bond donors (Lipinski definition) is 1. The van der Waals surface area contributed by atoms with Crippen molar-refractivity contribution in [3.63, 3.8) is 0 Å². The van der Waals surface area contributed by atoms with Gasteiger partial charge < -0.3 is 4.74 Å². The van der Waals surface area contributed by atoms with Gasteiger partial charge in [0.25, 0.3) is 0 Å². The second kappa shape index (κ2) is 18.9. The van der Waals surface area contributed by atoms with Crippen LogP contribution in [0.1, 0.15) is 108 Å². The highest BCUT2D eigenvalue weighted by Gasteiger charge is 2.00. The number of ether oxygens (including phenoxy) is 1. The van der Waals surface area contributed by atoms with E-state index in [4.69, 9.17) is 16.3 Å². The Hall–Kier alpha value is -2.33. The third-order valence-corrected chi connectivity index (χ3v) is 6.36. The second-order valence-corrected chi connectivity index (χ2v) is 9.71. The van der Waals surface area contributed by atoms with Gasteiger partial charge in [-0.05, 0) is 53.9 Å². The van der Waals surface area contributed by atoms with Crippen molar-refractivity contribution < 1.29 is 9.53 Å². The maximum Gasteiger partial charge on any atom is 0.240 e. The third-order valence-electron chi connectivity index (χ3n) is 6.11. The zero-order valence-electron chi connectivity index (χ0n) is 21.4. The van der Waals surface area contributed by atoms with Crippen LogP contribution in [0.5, 0.6) is 5.75 Å². The van der Waals surface area contributed by atoms with E-state index < -0.39 is 0 Å². The van der Waals surface area contributed by atoms with Gasteiger partial charge >= 0.3 is 0 Å². The summed E-state index contributed by atoms with van der Waals surface area (Å²) in [6, 6.07) is 15.2. The first kappa shape index (κ1) is 28.9. The first-order chi connectivity index (χ1) is 17.2. The molecule has 2 aromatic carbocycles. The fourth-order valence-electron chi connectivity index (χ4n) is 3.94. The molecule has 4 nitrogen and oxygen atoms in total. The maximum atomic E-state index is 12.0. The summed E-state index contributed by atoms with van der Waals surface area (Å²) in [5.41, 5.74) is 4.60. The summed E-state index contributed by atoms with van der Waals surface area (Å²) in [6.45, 7) is 2.75. The Kier molecular flexibility index (Phi) is 15.6. The SMILES string of the molecule is CCCCCCCCCCCCCCCC(=O)N/N=C/c1ccc(OCc2ccc(Cl)cc2)cc1. The molecule has 2 aromatic rings. The highest BCUT2D eigenvalue weighted by Crippen LogP contribution is 2.16. The standard InChI is InChI=1S/C30H43ClN2O2/c1-2-3-4-5-6-7-8-9-10-11-12-13-14-15-30(34)33-32-24-26-18-22-29(23-19-26)35-25-27-16-20-28(31)21-17-27/h16-24H,2-15,25H2,1H3,(H,33,34)/b32-24+. The van der Waals surface area contributed by atoms with E-state index in [-0.39, 0.29) is 5.91 Å². The Bertz CT molecular complexity index is 834. The Morgan fingerprint density at radius 1 is 0.800 bits per heavy atom. The number of hydrogen-bond acceptors (Lipinski definition) is 3. The van der Waals surface area contributed by atoms with Crippen molar-refractivity contribution in [2.45, 2.75) is 103 Å². The molecule has 0 aliphatic heterocycles. The molecule has 0 unspecified atom stereocenters. The van der Waals surface area contributed by atoms with Gasteiger partial charge in [0, 0.05) is 11.4 Å². The molecule has 0 saturated carbocycles. The number of carbonyl (C=O) groups excluding carboxylic acids is 1. The minimum absolute atomic E-state index is 0.0211. The first-order valence-corrected chi connectivity index (χ1v) is 13.8. The van der Waals surface area contributed by atoms with E-state index in [2.05, 4.69) is 17.5 Å². The van der Waals surface area contributed by atoms with Crippen molar-refractivity contribution in [1.29, 1.82) is 0 Å². The molecule has 1 N–H and O–H groups in total. The normalized spacial score (nSPS) is 11.1. The Morgan fingerprint density at radius 2 is 1.34 bits per heavy atom. The molecule has 5 heteroatoms. The number of rotatable bonds is 19. The van der Waals surface area contributed by atoms with E-state index in [1.165, 1.54) is 70.6 Å². The average molecular weight is 499 g/mol. The number of hydrazone groups is 1. The highest BCUT2D eigenvalue weighted by molar-refractivity contribution is 6.30. The summed E-state index contributed by atoms with van der Waals surface area (Å²) >= 11 is 5.90. The van der Waals surface area contributed by atoms with Crippen LogP contribution in [0.15, 0.2) is 53.6 Å². The van der Waals surface area contributed by atoms with Crippen LogP contribution in [0.3, 0.4) is 0 Å². The van der Waals surface area contributed by atoms with Crippen LogP contribution in [0.4, 0.5) is 0 Å². The van der Waals surface area contributed by atoms with Gasteiger partial charge in [-0.15, -0.1) is 0 Å². The van der Waals surface area contributed by atoms with E-state index >= 15 is 0 Å². The topological polar surface area (TPSA) is 50.7 Å². The Morgan fingerprint density at radius 3 is 1.91 bits per heavy atom. The van der Waals surface area contributed by atoms with Crippen molar-refractivity contribution in [2.75, 3.05) is 0 Å². The number of benzene rings is 2.